The quantitative estimate of drug-likeness (QED) is 0.855. The summed E-state index contributed by atoms with van der Waals surface area (Å²) in [6.07, 6.45) is 3.31. The summed E-state index contributed by atoms with van der Waals surface area (Å²) in [6, 6.07) is 8.07. The monoisotopic (exact) mass is 288 g/mol. The Balaban J connectivity index is 2.26. The van der Waals surface area contributed by atoms with Crippen molar-refractivity contribution in [1.29, 1.82) is 0 Å². The van der Waals surface area contributed by atoms with Crippen molar-refractivity contribution in [2.75, 3.05) is 6.61 Å². The topological polar surface area (TPSA) is 64.3 Å². The van der Waals surface area contributed by atoms with E-state index in [0.717, 1.165) is 5.56 Å². The van der Waals surface area contributed by atoms with Gasteiger partial charge >= 0.3 is 5.97 Å². The van der Waals surface area contributed by atoms with Gasteiger partial charge < -0.3 is 14.4 Å². The van der Waals surface area contributed by atoms with E-state index in [4.69, 9.17) is 4.74 Å². The van der Waals surface area contributed by atoms with Crippen LogP contribution in [0.4, 0.5) is 0 Å². The number of carbonyl (C=O) groups is 1. The molecule has 0 bridgehead atoms. The van der Waals surface area contributed by atoms with Crippen molar-refractivity contribution >= 4 is 5.97 Å². The van der Waals surface area contributed by atoms with Gasteiger partial charge in [0.25, 0.3) is 0 Å². The lowest BCUT2D eigenvalue weighted by Crippen LogP contribution is -2.37. The maximum absolute atomic E-state index is 11.9. The van der Waals surface area contributed by atoms with Crippen molar-refractivity contribution in [2.45, 2.75) is 32.9 Å². The highest BCUT2D eigenvalue weighted by Gasteiger charge is 2.38. The average molecular weight is 288 g/mol. The number of nitrogens with zero attached hydrogens (tertiary/aromatic N) is 2. The SMILES string of the molecule is CCOC(=O)C(C)(O)c1nccn1Cc1ccc(C)cc1. The number of hydrogen-bond acceptors (Lipinski definition) is 4. The first-order valence-electron chi connectivity index (χ1n) is 6.92. The van der Waals surface area contributed by atoms with E-state index < -0.39 is 11.6 Å². The number of aromatic nitrogens is 2. The van der Waals surface area contributed by atoms with Crippen LogP contribution in [-0.2, 0) is 21.7 Å². The van der Waals surface area contributed by atoms with E-state index in [1.54, 1.807) is 23.9 Å². The highest BCUT2D eigenvalue weighted by molar-refractivity contribution is 5.79. The second-order valence-electron chi connectivity index (χ2n) is 5.16. The molecule has 1 aromatic heterocycles. The molecule has 1 aromatic carbocycles. The lowest BCUT2D eigenvalue weighted by atomic mass is 10.1. The molecule has 0 fully saturated rings. The Morgan fingerprint density at radius 3 is 2.67 bits per heavy atom. The number of benzene rings is 1. The van der Waals surface area contributed by atoms with Gasteiger partial charge in [-0.25, -0.2) is 9.78 Å². The van der Waals surface area contributed by atoms with E-state index in [9.17, 15) is 9.90 Å². The fraction of sp³-hybridized carbons (Fsp3) is 0.375. The third-order valence-corrected chi connectivity index (χ3v) is 3.30. The molecule has 1 heterocycles. The van der Waals surface area contributed by atoms with Crippen LogP contribution in [0, 0.1) is 6.92 Å². The van der Waals surface area contributed by atoms with Crippen LogP contribution in [0.1, 0.15) is 30.8 Å². The summed E-state index contributed by atoms with van der Waals surface area (Å²) in [7, 11) is 0. The number of aliphatic hydroxyl groups is 1. The normalized spacial score (nSPS) is 13.7. The summed E-state index contributed by atoms with van der Waals surface area (Å²) < 4.78 is 6.66. The largest absolute Gasteiger partial charge is 0.464 e. The molecule has 1 N–H and O–H groups in total. The molecular weight excluding hydrogens is 268 g/mol. The zero-order valence-electron chi connectivity index (χ0n) is 12.5. The average Bonchev–Trinajstić information content (AvgIpc) is 2.90. The Hall–Kier alpha value is -2.14. The summed E-state index contributed by atoms with van der Waals surface area (Å²) in [5.41, 5.74) is 0.493. The molecule has 0 radical (unpaired) electrons. The molecule has 0 amide bonds. The van der Waals surface area contributed by atoms with Crippen molar-refractivity contribution in [1.82, 2.24) is 9.55 Å². The lowest BCUT2D eigenvalue weighted by molar-refractivity contribution is -0.165. The number of aryl methyl sites for hydroxylation is 1. The minimum absolute atomic E-state index is 0.216. The van der Waals surface area contributed by atoms with Gasteiger partial charge in [0.2, 0.25) is 5.60 Å². The third-order valence-electron chi connectivity index (χ3n) is 3.30. The lowest BCUT2D eigenvalue weighted by Gasteiger charge is -2.21. The summed E-state index contributed by atoms with van der Waals surface area (Å²) in [5, 5.41) is 10.4. The molecule has 5 nitrogen and oxygen atoms in total. The van der Waals surface area contributed by atoms with E-state index >= 15 is 0 Å². The number of esters is 1. The maximum atomic E-state index is 11.9. The molecule has 2 rings (SSSR count). The Labute approximate surface area is 124 Å². The van der Waals surface area contributed by atoms with Gasteiger partial charge in [0.1, 0.15) is 0 Å². The molecule has 2 aromatic rings. The Morgan fingerprint density at radius 1 is 1.38 bits per heavy atom. The van der Waals surface area contributed by atoms with Crippen LogP contribution in [-0.4, -0.2) is 27.2 Å². The summed E-state index contributed by atoms with van der Waals surface area (Å²) in [5.74, 6) is -0.414. The number of ether oxygens (including phenoxy) is 1. The second kappa shape index (κ2) is 6.10. The highest BCUT2D eigenvalue weighted by atomic mass is 16.5. The molecule has 0 aliphatic rings. The van der Waals surface area contributed by atoms with Gasteiger partial charge in [0.15, 0.2) is 5.82 Å². The van der Waals surface area contributed by atoms with Crippen molar-refractivity contribution < 1.29 is 14.6 Å². The van der Waals surface area contributed by atoms with Gasteiger partial charge in [-0.3, -0.25) is 0 Å². The summed E-state index contributed by atoms with van der Waals surface area (Å²) in [4.78, 5) is 16.0. The fourth-order valence-corrected chi connectivity index (χ4v) is 2.12. The minimum Gasteiger partial charge on any atom is -0.464 e. The molecule has 0 aliphatic heterocycles. The predicted octanol–water partition coefficient (Wildman–Crippen LogP) is 2.01. The maximum Gasteiger partial charge on any atom is 0.345 e. The van der Waals surface area contributed by atoms with E-state index in [1.165, 1.54) is 12.5 Å². The van der Waals surface area contributed by atoms with E-state index in [1.807, 2.05) is 31.2 Å². The van der Waals surface area contributed by atoms with Crippen LogP contribution in [0.2, 0.25) is 0 Å². The number of hydrogen-bond donors (Lipinski definition) is 1. The molecule has 1 unspecified atom stereocenters. The predicted molar refractivity (Wildman–Crippen MR) is 78.7 cm³/mol. The highest BCUT2D eigenvalue weighted by Crippen LogP contribution is 2.21. The van der Waals surface area contributed by atoms with E-state index in [-0.39, 0.29) is 12.4 Å². The molecule has 1 atom stereocenters. The Morgan fingerprint density at radius 2 is 2.05 bits per heavy atom. The first-order valence-corrected chi connectivity index (χ1v) is 6.92. The van der Waals surface area contributed by atoms with E-state index in [2.05, 4.69) is 4.98 Å². The van der Waals surface area contributed by atoms with Crippen molar-refractivity contribution in [3.63, 3.8) is 0 Å². The Bertz CT molecular complexity index is 615. The summed E-state index contributed by atoms with van der Waals surface area (Å²) in [6.45, 7) is 5.88. The second-order valence-corrected chi connectivity index (χ2v) is 5.16. The van der Waals surface area contributed by atoms with Crippen LogP contribution in [0.5, 0.6) is 0 Å². The van der Waals surface area contributed by atoms with Gasteiger partial charge in [-0.05, 0) is 26.3 Å². The molecule has 0 saturated carbocycles. The van der Waals surface area contributed by atoms with Crippen molar-refractivity contribution in [3.05, 3.63) is 53.6 Å². The van der Waals surface area contributed by atoms with Crippen LogP contribution in [0.15, 0.2) is 36.7 Å². The molecule has 5 heteroatoms. The van der Waals surface area contributed by atoms with Crippen LogP contribution < -0.4 is 0 Å². The van der Waals surface area contributed by atoms with Gasteiger partial charge in [0, 0.05) is 18.9 Å². The van der Waals surface area contributed by atoms with Gasteiger partial charge in [-0.2, -0.15) is 0 Å². The molecule has 21 heavy (non-hydrogen) atoms. The first kappa shape index (κ1) is 15.3. The fourth-order valence-electron chi connectivity index (χ4n) is 2.12. The molecule has 112 valence electrons. The molecule has 0 spiro atoms. The van der Waals surface area contributed by atoms with Gasteiger partial charge in [-0.15, -0.1) is 0 Å². The zero-order chi connectivity index (χ0) is 15.5. The van der Waals surface area contributed by atoms with Gasteiger partial charge in [-0.1, -0.05) is 29.8 Å². The standard InChI is InChI=1S/C16H20N2O3/c1-4-21-15(19)16(3,20)14-17-9-10-18(14)11-13-7-5-12(2)6-8-13/h5-10,20H,4,11H2,1-3H3. The number of rotatable bonds is 5. The zero-order valence-corrected chi connectivity index (χ0v) is 12.5. The molecule has 0 aliphatic carbocycles. The number of imidazole rings is 1. The third kappa shape index (κ3) is 3.31. The van der Waals surface area contributed by atoms with Crippen molar-refractivity contribution in [3.8, 4) is 0 Å². The van der Waals surface area contributed by atoms with Crippen LogP contribution in [0.3, 0.4) is 0 Å². The molecule has 0 saturated heterocycles. The van der Waals surface area contributed by atoms with E-state index in [0.29, 0.717) is 6.54 Å². The van der Waals surface area contributed by atoms with Crippen LogP contribution >= 0.6 is 0 Å². The first-order chi connectivity index (χ1) is 9.95. The van der Waals surface area contributed by atoms with Crippen molar-refractivity contribution in [2.24, 2.45) is 0 Å². The smallest absolute Gasteiger partial charge is 0.345 e. The molecular formula is C16H20N2O3. The van der Waals surface area contributed by atoms with Crippen LogP contribution in [0.25, 0.3) is 0 Å². The Kier molecular flexibility index (Phi) is 4.43. The minimum atomic E-state index is -1.76. The van der Waals surface area contributed by atoms with Gasteiger partial charge in [0.05, 0.1) is 6.61 Å². The summed E-state index contributed by atoms with van der Waals surface area (Å²) >= 11 is 0. The number of carbonyl (C=O) groups excluding carboxylic acids is 1.